The number of hydrogen-bond acceptors (Lipinski definition) is 2. The Morgan fingerprint density at radius 1 is 1.41 bits per heavy atom. The lowest BCUT2D eigenvalue weighted by Gasteiger charge is -2.35. The van der Waals surface area contributed by atoms with Gasteiger partial charge in [0.25, 0.3) is 0 Å². The summed E-state index contributed by atoms with van der Waals surface area (Å²) in [6.45, 7) is 2.50. The average molecular weight is 257 g/mol. The lowest BCUT2D eigenvalue weighted by atomic mass is 10.0. The monoisotopic (exact) mass is 256 g/mol. The summed E-state index contributed by atoms with van der Waals surface area (Å²) in [6, 6.07) is 5.03. The standard InChI is InChI=1S/C13H18ClFN2/c14-13-7-11(15)5-4-10(13)9-17-6-2-1-3-12(17)8-16/h4-5,7,12H,1-3,6,8-9,16H2. The molecule has 2 rings (SSSR count). The van der Waals surface area contributed by atoms with Crippen LogP contribution in [-0.2, 0) is 6.54 Å². The number of nitrogens with two attached hydrogens (primary N) is 1. The summed E-state index contributed by atoms with van der Waals surface area (Å²) in [4.78, 5) is 2.35. The van der Waals surface area contributed by atoms with E-state index in [0.717, 1.165) is 25.1 Å². The van der Waals surface area contributed by atoms with E-state index in [9.17, 15) is 4.39 Å². The maximum Gasteiger partial charge on any atom is 0.124 e. The number of likely N-dealkylation sites (tertiary alicyclic amines) is 1. The van der Waals surface area contributed by atoms with Gasteiger partial charge in [0.2, 0.25) is 0 Å². The molecule has 1 fully saturated rings. The molecular weight excluding hydrogens is 239 g/mol. The van der Waals surface area contributed by atoms with Gasteiger partial charge in [-0.25, -0.2) is 4.39 Å². The molecule has 1 atom stereocenters. The van der Waals surface area contributed by atoms with Crippen LogP contribution in [0.3, 0.4) is 0 Å². The Balaban J connectivity index is 2.08. The van der Waals surface area contributed by atoms with Crippen LogP contribution in [0.15, 0.2) is 18.2 Å². The first kappa shape index (κ1) is 12.8. The highest BCUT2D eigenvalue weighted by Crippen LogP contribution is 2.23. The van der Waals surface area contributed by atoms with Gasteiger partial charge in [0.05, 0.1) is 0 Å². The molecule has 0 bridgehead atoms. The number of benzene rings is 1. The molecule has 4 heteroatoms. The Hall–Kier alpha value is -0.640. The van der Waals surface area contributed by atoms with Crippen molar-refractivity contribution in [2.75, 3.05) is 13.1 Å². The summed E-state index contributed by atoms with van der Waals surface area (Å²) in [5.41, 5.74) is 6.75. The third-order valence-electron chi connectivity index (χ3n) is 3.41. The van der Waals surface area contributed by atoms with Crippen molar-refractivity contribution in [1.82, 2.24) is 4.90 Å². The van der Waals surface area contributed by atoms with Crippen LogP contribution in [0.25, 0.3) is 0 Å². The summed E-state index contributed by atoms with van der Waals surface area (Å²) >= 11 is 6.04. The highest BCUT2D eigenvalue weighted by Gasteiger charge is 2.21. The van der Waals surface area contributed by atoms with E-state index in [1.54, 1.807) is 6.07 Å². The van der Waals surface area contributed by atoms with E-state index in [1.807, 2.05) is 0 Å². The second kappa shape index (κ2) is 5.80. The van der Waals surface area contributed by atoms with Gasteiger partial charge < -0.3 is 5.73 Å². The number of halogens is 2. The highest BCUT2D eigenvalue weighted by atomic mass is 35.5. The van der Waals surface area contributed by atoms with E-state index >= 15 is 0 Å². The van der Waals surface area contributed by atoms with Crippen molar-refractivity contribution in [1.29, 1.82) is 0 Å². The van der Waals surface area contributed by atoms with Crippen LogP contribution in [0.5, 0.6) is 0 Å². The van der Waals surface area contributed by atoms with E-state index in [2.05, 4.69) is 4.90 Å². The van der Waals surface area contributed by atoms with Crippen LogP contribution in [0.2, 0.25) is 5.02 Å². The van der Waals surface area contributed by atoms with Crippen LogP contribution in [0.4, 0.5) is 4.39 Å². The molecule has 1 aliphatic rings. The molecule has 0 aliphatic carbocycles. The molecule has 0 spiro atoms. The second-order valence-electron chi connectivity index (χ2n) is 4.59. The van der Waals surface area contributed by atoms with Crippen molar-refractivity contribution in [3.05, 3.63) is 34.6 Å². The van der Waals surface area contributed by atoms with Gasteiger partial charge in [-0.2, -0.15) is 0 Å². The smallest absolute Gasteiger partial charge is 0.124 e. The summed E-state index contributed by atoms with van der Waals surface area (Å²) in [5, 5.41) is 0.506. The summed E-state index contributed by atoms with van der Waals surface area (Å²) in [6.07, 6.45) is 3.60. The minimum Gasteiger partial charge on any atom is -0.329 e. The fourth-order valence-electron chi connectivity index (χ4n) is 2.40. The van der Waals surface area contributed by atoms with Crippen molar-refractivity contribution in [2.24, 2.45) is 5.73 Å². The Kier molecular flexibility index (Phi) is 4.37. The maximum absolute atomic E-state index is 13.0. The summed E-state index contributed by atoms with van der Waals surface area (Å²) in [5.74, 6) is -0.284. The lowest BCUT2D eigenvalue weighted by molar-refractivity contribution is 0.145. The van der Waals surface area contributed by atoms with Crippen LogP contribution in [-0.4, -0.2) is 24.0 Å². The first-order valence-corrected chi connectivity index (χ1v) is 6.46. The van der Waals surface area contributed by atoms with Crippen molar-refractivity contribution in [2.45, 2.75) is 31.8 Å². The van der Waals surface area contributed by atoms with Crippen LogP contribution >= 0.6 is 11.6 Å². The normalized spacial score (nSPS) is 21.7. The van der Waals surface area contributed by atoms with Gasteiger partial charge in [0.15, 0.2) is 0 Å². The van der Waals surface area contributed by atoms with Gasteiger partial charge in [-0.05, 0) is 37.1 Å². The first-order valence-electron chi connectivity index (χ1n) is 6.08. The Labute approximate surface area is 107 Å². The van der Waals surface area contributed by atoms with Crippen LogP contribution in [0.1, 0.15) is 24.8 Å². The minimum absolute atomic E-state index is 0.284. The molecule has 1 saturated heterocycles. The topological polar surface area (TPSA) is 29.3 Å². The van der Waals surface area contributed by atoms with Crippen molar-refractivity contribution in [3.63, 3.8) is 0 Å². The van der Waals surface area contributed by atoms with Gasteiger partial charge in [-0.15, -0.1) is 0 Å². The Morgan fingerprint density at radius 3 is 2.94 bits per heavy atom. The van der Waals surface area contributed by atoms with Gasteiger partial charge in [-0.1, -0.05) is 24.1 Å². The summed E-state index contributed by atoms with van der Waals surface area (Å²) < 4.78 is 13.0. The Bertz CT molecular complexity index is 384. The van der Waals surface area contributed by atoms with Crippen LogP contribution in [0, 0.1) is 5.82 Å². The second-order valence-corrected chi connectivity index (χ2v) is 5.00. The van der Waals surface area contributed by atoms with Crippen LogP contribution < -0.4 is 5.73 Å². The van der Waals surface area contributed by atoms with Gasteiger partial charge in [-0.3, -0.25) is 4.90 Å². The molecule has 17 heavy (non-hydrogen) atoms. The van der Waals surface area contributed by atoms with Gasteiger partial charge in [0.1, 0.15) is 5.82 Å². The van der Waals surface area contributed by atoms with E-state index in [0.29, 0.717) is 17.6 Å². The molecule has 1 unspecified atom stereocenters. The number of hydrogen-bond donors (Lipinski definition) is 1. The van der Waals surface area contributed by atoms with E-state index in [-0.39, 0.29) is 5.82 Å². The molecule has 1 aromatic rings. The maximum atomic E-state index is 13.0. The zero-order valence-corrected chi connectivity index (χ0v) is 10.6. The Morgan fingerprint density at radius 2 is 2.24 bits per heavy atom. The van der Waals surface area contributed by atoms with Crippen molar-refractivity contribution in [3.8, 4) is 0 Å². The predicted molar refractivity (Wildman–Crippen MR) is 68.5 cm³/mol. The minimum atomic E-state index is -0.284. The van der Waals surface area contributed by atoms with Gasteiger partial charge in [0, 0.05) is 24.2 Å². The van der Waals surface area contributed by atoms with E-state index < -0.39 is 0 Å². The molecule has 0 amide bonds. The lowest BCUT2D eigenvalue weighted by Crippen LogP contribution is -2.43. The molecule has 1 aliphatic heterocycles. The SMILES string of the molecule is NCC1CCCCN1Cc1ccc(F)cc1Cl. The molecule has 0 radical (unpaired) electrons. The molecule has 2 N–H and O–H groups in total. The molecule has 0 saturated carbocycles. The number of rotatable bonds is 3. The number of piperidine rings is 1. The third-order valence-corrected chi connectivity index (χ3v) is 3.76. The molecule has 94 valence electrons. The molecular formula is C13H18ClFN2. The fourth-order valence-corrected chi connectivity index (χ4v) is 2.63. The fraction of sp³-hybridized carbons (Fsp3) is 0.538. The zero-order valence-electron chi connectivity index (χ0n) is 9.83. The van der Waals surface area contributed by atoms with E-state index in [1.165, 1.54) is 25.0 Å². The highest BCUT2D eigenvalue weighted by molar-refractivity contribution is 6.31. The quantitative estimate of drug-likeness (QED) is 0.901. The van der Waals surface area contributed by atoms with Crippen molar-refractivity contribution < 1.29 is 4.39 Å². The molecule has 2 nitrogen and oxygen atoms in total. The third kappa shape index (κ3) is 3.18. The molecule has 1 heterocycles. The van der Waals surface area contributed by atoms with Crippen molar-refractivity contribution >= 4 is 11.6 Å². The molecule has 1 aromatic carbocycles. The predicted octanol–water partition coefficient (Wildman–Crippen LogP) is 2.79. The van der Waals surface area contributed by atoms with E-state index in [4.69, 9.17) is 17.3 Å². The largest absolute Gasteiger partial charge is 0.329 e. The first-order chi connectivity index (χ1) is 8.20. The summed E-state index contributed by atoms with van der Waals surface area (Å²) in [7, 11) is 0. The molecule has 0 aromatic heterocycles. The zero-order chi connectivity index (χ0) is 12.3. The number of nitrogens with zero attached hydrogens (tertiary/aromatic N) is 1. The average Bonchev–Trinajstić information content (AvgIpc) is 2.33. The van der Waals surface area contributed by atoms with Gasteiger partial charge >= 0.3 is 0 Å².